The van der Waals surface area contributed by atoms with Gasteiger partial charge in [-0.25, -0.2) is 9.97 Å². The van der Waals surface area contributed by atoms with Gasteiger partial charge in [-0.3, -0.25) is 0 Å². The molecule has 0 spiro atoms. The molecule has 6 aromatic rings. The van der Waals surface area contributed by atoms with Gasteiger partial charge in [-0.15, -0.1) is 0 Å². The molecule has 47 heavy (non-hydrogen) atoms. The molecule has 1 atom stereocenters. The summed E-state index contributed by atoms with van der Waals surface area (Å²) in [5.74, 6) is 0.797. The Balaban J connectivity index is 1.18. The van der Waals surface area contributed by atoms with Crippen molar-refractivity contribution in [3.63, 3.8) is 0 Å². The van der Waals surface area contributed by atoms with E-state index >= 15 is 0 Å². The normalized spacial score (nSPS) is 16.1. The van der Waals surface area contributed by atoms with Crippen molar-refractivity contribution in [2.24, 2.45) is 0 Å². The summed E-state index contributed by atoms with van der Waals surface area (Å²) in [4.78, 5) is 10.5. The second kappa shape index (κ2) is 12.2. The molecule has 5 aromatic carbocycles. The van der Waals surface area contributed by atoms with E-state index in [9.17, 15) is 0 Å². The maximum atomic E-state index is 5.32. The molecule has 8 rings (SSSR count). The van der Waals surface area contributed by atoms with Gasteiger partial charge in [-0.2, -0.15) is 0 Å². The summed E-state index contributed by atoms with van der Waals surface area (Å²) < 4.78 is 0. The van der Waals surface area contributed by atoms with E-state index < -0.39 is 0 Å². The summed E-state index contributed by atoms with van der Waals surface area (Å²) in [7, 11) is 0. The maximum absolute atomic E-state index is 5.32. The molecule has 0 saturated heterocycles. The van der Waals surface area contributed by atoms with E-state index in [0.29, 0.717) is 0 Å². The van der Waals surface area contributed by atoms with Crippen LogP contribution in [0.4, 0.5) is 0 Å². The van der Waals surface area contributed by atoms with E-state index in [0.717, 1.165) is 28.0 Å². The van der Waals surface area contributed by atoms with Crippen molar-refractivity contribution in [3.8, 4) is 33.8 Å². The van der Waals surface area contributed by atoms with Crippen LogP contribution in [0.3, 0.4) is 0 Å². The second-order valence-electron chi connectivity index (χ2n) is 14.0. The molecule has 0 radical (unpaired) electrons. The van der Waals surface area contributed by atoms with Gasteiger partial charge >= 0.3 is 0 Å². The monoisotopic (exact) mass is 612 g/mol. The summed E-state index contributed by atoms with van der Waals surface area (Å²) in [5, 5.41) is 1.10. The zero-order chi connectivity index (χ0) is 32.0. The van der Waals surface area contributed by atoms with Crippen LogP contribution in [0, 0.1) is 13.8 Å². The van der Waals surface area contributed by atoms with Gasteiger partial charge in [0.15, 0.2) is 5.82 Å². The molecular formula is C45H44N2. The van der Waals surface area contributed by atoms with Crippen LogP contribution in [-0.2, 0) is 24.7 Å². The van der Waals surface area contributed by atoms with Crippen LogP contribution < -0.4 is 0 Å². The number of hydrogen-bond acceptors (Lipinski definition) is 2. The molecule has 2 nitrogen and oxygen atoms in total. The fourth-order valence-electron chi connectivity index (χ4n) is 8.49. The molecule has 1 unspecified atom stereocenters. The first-order valence-corrected chi connectivity index (χ1v) is 17.7. The number of aryl methyl sites for hydroxylation is 5. The van der Waals surface area contributed by atoms with Gasteiger partial charge in [0.05, 0.1) is 11.2 Å². The highest BCUT2D eigenvalue weighted by atomic mass is 14.9. The summed E-state index contributed by atoms with van der Waals surface area (Å²) >= 11 is 0. The van der Waals surface area contributed by atoms with Crippen LogP contribution in [0.2, 0.25) is 0 Å². The number of aromatic nitrogens is 2. The topological polar surface area (TPSA) is 25.8 Å². The summed E-state index contributed by atoms with van der Waals surface area (Å²) in [5.41, 5.74) is 17.2. The van der Waals surface area contributed by atoms with Crippen LogP contribution in [0.5, 0.6) is 0 Å². The van der Waals surface area contributed by atoms with Crippen molar-refractivity contribution < 1.29 is 0 Å². The first-order chi connectivity index (χ1) is 23.1. The first-order valence-electron chi connectivity index (χ1n) is 17.7. The predicted octanol–water partition coefficient (Wildman–Crippen LogP) is 11.5. The number of para-hydroxylation sites is 1. The lowest BCUT2D eigenvalue weighted by molar-refractivity contribution is 0.411. The lowest BCUT2D eigenvalue weighted by atomic mass is 9.70. The van der Waals surface area contributed by atoms with Gasteiger partial charge in [-0.05, 0) is 115 Å². The Bertz CT molecular complexity index is 2100. The van der Waals surface area contributed by atoms with Crippen LogP contribution >= 0.6 is 0 Å². The van der Waals surface area contributed by atoms with Gasteiger partial charge in [-0.1, -0.05) is 117 Å². The van der Waals surface area contributed by atoms with E-state index in [4.69, 9.17) is 9.97 Å². The minimum atomic E-state index is 0.0502. The lowest BCUT2D eigenvalue weighted by Gasteiger charge is -2.33. The van der Waals surface area contributed by atoms with E-state index in [1.807, 2.05) is 0 Å². The summed E-state index contributed by atoms with van der Waals surface area (Å²) in [6, 6.07) is 38.5. The van der Waals surface area contributed by atoms with Crippen LogP contribution in [0.15, 0.2) is 103 Å². The summed E-state index contributed by atoms with van der Waals surface area (Å²) in [6.45, 7) is 6.70. The second-order valence-corrected chi connectivity index (χ2v) is 14.0. The van der Waals surface area contributed by atoms with Gasteiger partial charge in [0.1, 0.15) is 0 Å². The molecule has 0 fully saturated rings. The van der Waals surface area contributed by atoms with Gasteiger partial charge in [0.25, 0.3) is 0 Å². The predicted molar refractivity (Wildman–Crippen MR) is 197 cm³/mol. The number of hydrogen-bond donors (Lipinski definition) is 0. The minimum Gasteiger partial charge on any atom is -0.228 e. The molecular weight excluding hydrogens is 569 g/mol. The molecule has 1 heterocycles. The molecule has 0 bridgehead atoms. The van der Waals surface area contributed by atoms with Crippen molar-refractivity contribution >= 4 is 10.9 Å². The third-order valence-electron chi connectivity index (χ3n) is 11.1. The van der Waals surface area contributed by atoms with Crippen molar-refractivity contribution in [2.45, 2.75) is 84.0 Å². The quantitative estimate of drug-likeness (QED) is 0.144. The fraction of sp³-hybridized carbons (Fsp3) is 0.289. The van der Waals surface area contributed by atoms with Crippen LogP contribution in [0.1, 0.15) is 84.4 Å². The van der Waals surface area contributed by atoms with Crippen LogP contribution in [-0.4, -0.2) is 9.97 Å². The highest BCUT2D eigenvalue weighted by Gasteiger charge is 2.42. The SMILES string of the molecule is CCCCC1(CCCCc2ccc3c(c2)CC3)c2ccccc2-c2cc(-c3nc(-c4c(C)cccc4C)c4ccccc4n3)ccc21. The number of unbranched alkanes of at least 4 members (excludes halogenated alkanes) is 2. The molecule has 0 amide bonds. The molecule has 0 saturated carbocycles. The van der Waals surface area contributed by atoms with E-state index in [1.165, 1.54) is 102 Å². The minimum absolute atomic E-state index is 0.0502. The maximum Gasteiger partial charge on any atom is 0.160 e. The smallest absolute Gasteiger partial charge is 0.160 e. The van der Waals surface area contributed by atoms with E-state index in [1.54, 1.807) is 11.1 Å². The number of benzene rings is 5. The van der Waals surface area contributed by atoms with Crippen molar-refractivity contribution in [1.82, 2.24) is 9.97 Å². The first kappa shape index (κ1) is 29.8. The van der Waals surface area contributed by atoms with Crippen molar-refractivity contribution in [1.29, 1.82) is 0 Å². The molecule has 1 aromatic heterocycles. The fourth-order valence-corrected chi connectivity index (χ4v) is 8.49. The Morgan fingerprint density at radius 1 is 0.638 bits per heavy atom. The van der Waals surface area contributed by atoms with Crippen molar-refractivity contribution in [3.05, 3.63) is 142 Å². The Hall–Kier alpha value is -4.56. The van der Waals surface area contributed by atoms with Gasteiger partial charge in [0.2, 0.25) is 0 Å². The molecule has 2 heteroatoms. The molecule has 234 valence electrons. The van der Waals surface area contributed by atoms with E-state index in [-0.39, 0.29) is 5.41 Å². The lowest BCUT2D eigenvalue weighted by Crippen LogP contribution is -2.25. The largest absolute Gasteiger partial charge is 0.228 e. The molecule has 0 aliphatic heterocycles. The van der Waals surface area contributed by atoms with E-state index in [2.05, 4.69) is 124 Å². The number of nitrogens with zero attached hydrogens (tertiary/aromatic N) is 2. The average molecular weight is 613 g/mol. The Kier molecular flexibility index (Phi) is 7.76. The molecule has 0 N–H and O–H groups in total. The van der Waals surface area contributed by atoms with Gasteiger partial charge in [0, 0.05) is 21.9 Å². The average Bonchev–Trinajstić information content (AvgIpc) is 3.35. The van der Waals surface area contributed by atoms with Gasteiger partial charge < -0.3 is 0 Å². The summed E-state index contributed by atoms with van der Waals surface area (Å²) in [6.07, 6.45) is 11.0. The standard InChI is InChI=1S/C45H44N2/c1-4-5-26-45(27-11-10-15-32-20-21-33-22-23-34(33)28-32)39-18-8-6-16-36(39)38-29-35(24-25-40(38)45)44-46-41-19-9-7-17-37(41)43(47-44)42-30(2)13-12-14-31(42)3/h6-9,12-14,16-21,24-25,28-29H,4-5,10-11,15,22-23,26-27H2,1-3H3. The Morgan fingerprint density at radius 2 is 1.40 bits per heavy atom. The highest BCUT2D eigenvalue weighted by molar-refractivity contribution is 5.95. The third-order valence-corrected chi connectivity index (χ3v) is 11.1. The third kappa shape index (κ3) is 5.19. The molecule has 2 aliphatic rings. The Morgan fingerprint density at radius 3 is 2.21 bits per heavy atom. The molecule has 2 aliphatic carbocycles. The zero-order valence-corrected chi connectivity index (χ0v) is 28.1. The zero-order valence-electron chi connectivity index (χ0n) is 28.1. The van der Waals surface area contributed by atoms with Crippen molar-refractivity contribution in [2.75, 3.05) is 0 Å². The Labute approximate surface area is 280 Å². The number of rotatable bonds is 10. The number of fused-ring (bicyclic) bond motifs is 5. The highest BCUT2D eigenvalue weighted by Crippen LogP contribution is 2.54. The van der Waals surface area contributed by atoms with Crippen LogP contribution in [0.25, 0.3) is 44.7 Å².